The van der Waals surface area contributed by atoms with Crippen LogP contribution in [0.4, 0.5) is 0 Å². The predicted molar refractivity (Wildman–Crippen MR) is 157 cm³/mol. The number of aryl methyl sites for hydroxylation is 2. The highest BCUT2D eigenvalue weighted by Crippen LogP contribution is 2.20. The van der Waals surface area contributed by atoms with Crippen molar-refractivity contribution in [1.82, 2.24) is 9.97 Å². The Morgan fingerprint density at radius 3 is 1.46 bits per heavy atom. The number of unbranched alkanes of at least 4 members (excludes halogenated alkanes) is 11. The first-order valence-corrected chi connectivity index (χ1v) is 14.9. The minimum atomic E-state index is 0.535. The van der Waals surface area contributed by atoms with Gasteiger partial charge in [-0.15, -0.1) is 0 Å². The van der Waals surface area contributed by atoms with Gasteiger partial charge in [0.2, 0.25) is 0 Å². The van der Waals surface area contributed by atoms with Crippen molar-refractivity contribution in [2.45, 2.75) is 117 Å². The number of rotatable bonds is 19. The van der Waals surface area contributed by atoms with E-state index in [2.05, 4.69) is 72.3 Å². The Hall–Kier alpha value is -2.68. The van der Waals surface area contributed by atoms with Gasteiger partial charge in [0.1, 0.15) is 6.61 Å². The van der Waals surface area contributed by atoms with Gasteiger partial charge in [-0.2, -0.15) is 0 Å². The molecule has 0 unspecified atom stereocenters. The number of ether oxygens (including phenoxy) is 1. The monoisotopic (exact) mass is 500 g/mol. The fourth-order valence-corrected chi connectivity index (χ4v) is 4.72. The zero-order chi connectivity index (χ0) is 26.0. The van der Waals surface area contributed by atoms with E-state index in [1.807, 2.05) is 0 Å². The van der Waals surface area contributed by atoms with Crippen LogP contribution in [0.25, 0.3) is 11.4 Å². The van der Waals surface area contributed by atoms with Crippen molar-refractivity contribution in [2.24, 2.45) is 0 Å². The minimum absolute atomic E-state index is 0.535. The van der Waals surface area contributed by atoms with E-state index in [-0.39, 0.29) is 0 Å². The molecule has 0 atom stereocenters. The van der Waals surface area contributed by atoms with Crippen LogP contribution < -0.4 is 4.74 Å². The minimum Gasteiger partial charge on any atom is -0.486 e. The predicted octanol–water partition coefficient (Wildman–Crippen LogP) is 9.92. The second-order valence-electron chi connectivity index (χ2n) is 10.4. The maximum Gasteiger partial charge on any atom is 0.159 e. The SMILES string of the molecule is CCCCCCCCCc1ccc(COc2cnc(-c3ccc(CCCCCCCC)cc3)nc2)cc1. The number of hydrogen-bond donors (Lipinski definition) is 0. The third kappa shape index (κ3) is 11.5. The zero-order valence-electron chi connectivity index (χ0n) is 23.4. The summed E-state index contributed by atoms with van der Waals surface area (Å²) in [5.41, 5.74) is 5.04. The van der Waals surface area contributed by atoms with E-state index < -0.39 is 0 Å². The van der Waals surface area contributed by atoms with Crippen molar-refractivity contribution in [3.05, 3.63) is 77.6 Å². The summed E-state index contributed by atoms with van der Waals surface area (Å²) in [6.07, 6.45) is 23.4. The first kappa shape index (κ1) is 28.9. The average molecular weight is 501 g/mol. The van der Waals surface area contributed by atoms with E-state index in [0.29, 0.717) is 12.4 Å². The highest BCUT2D eigenvalue weighted by Gasteiger charge is 2.04. The van der Waals surface area contributed by atoms with Gasteiger partial charge in [-0.25, -0.2) is 9.97 Å². The van der Waals surface area contributed by atoms with E-state index in [9.17, 15) is 0 Å². The molecule has 3 heteroatoms. The topological polar surface area (TPSA) is 35.0 Å². The van der Waals surface area contributed by atoms with Gasteiger partial charge >= 0.3 is 0 Å². The molecule has 0 spiro atoms. The molecule has 0 aliphatic heterocycles. The molecule has 3 nitrogen and oxygen atoms in total. The molecule has 0 saturated carbocycles. The van der Waals surface area contributed by atoms with Crippen LogP contribution in [-0.4, -0.2) is 9.97 Å². The molecule has 3 aromatic rings. The molecule has 0 radical (unpaired) electrons. The molecule has 0 aliphatic carbocycles. The molecule has 37 heavy (non-hydrogen) atoms. The Labute approximate surface area is 226 Å². The van der Waals surface area contributed by atoms with Crippen molar-refractivity contribution in [2.75, 3.05) is 0 Å². The summed E-state index contributed by atoms with van der Waals surface area (Å²) in [6, 6.07) is 17.5. The Kier molecular flexibility index (Phi) is 13.8. The number of hydrogen-bond acceptors (Lipinski definition) is 3. The number of nitrogens with zero attached hydrogens (tertiary/aromatic N) is 2. The second-order valence-corrected chi connectivity index (χ2v) is 10.4. The van der Waals surface area contributed by atoms with Crippen LogP contribution in [0.1, 0.15) is 114 Å². The lowest BCUT2D eigenvalue weighted by molar-refractivity contribution is 0.303. The van der Waals surface area contributed by atoms with Crippen molar-refractivity contribution in [3.63, 3.8) is 0 Å². The third-order valence-corrected chi connectivity index (χ3v) is 7.16. The van der Waals surface area contributed by atoms with E-state index in [4.69, 9.17) is 4.74 Å². The second kappa shape index (κ2) is 17.7. The standard InChI is InChI=1S/C34H48N2O/c1-3-5-7-9-11-13-15-16-29-18-20-31(21-19-29)28-37-33-26-35-34(36-27-33)32-24-22-30(23-25-32)17-14-12-10-8-6-4-2/h18-27H,3-17,28H2,1-2H3. The highest BCUT2D eigenvalue weighted by molar-refractivity contribution is 5.55. The molecule has 200 valence electrons. The Balaban J connectivity index is 1.36. The fourth-order valence-electron chi connectivity index (χ4n) is 4.72. The lowest BCUT2D eigenvalue weighted by atomic mass is 10.0. The quantitative estimate of drug-likeness (QED) is 0.154. The summed E-state index contributed by atoms with van der Waals surface area (Å²) in [7, 11) is 0. The number of benzene rings is 2. The molecular weight excluding hydrogens is 452 g/mol. The normalized spacial score (nSPS) is 11.1. The van der Waals surface area contributed by atoms with Gasteiger partial charge in [-0.1, -0.05) is 133 Å². The van der Waals surface area contributed by atoms with Gasteiger partial charge in [-0.05, 0) is 42.4 Å². The van der Waals surface area contributed by atoms with Crippen LogP contribution in [0.5, 0.6) is 5.75 Å². The Bertz CT molecular complexity index is 964. The van der Waals surface area contributed by atoms with Crippen LogP contribution in [0.2, 0.25) is 0 Å². The lowest BCUT2D eigenvalue weighted by Crippen LogP contribution is -1.98. The van der Waals surface area contributed by atoms with Crippen LogP contribution in [0.3, 0.4) is 0 Å². The summed E-state index contributed by atoms with van der Waals surface area (Å²) in [4.78, 5) is 9.08. The number of aromatic nitrogens is 2. The molecule has 3 rings (SSSR count). The molecule has 1 aromatic heterocycles. The summed E-state index contributed by atoms with van der Waals surface area (Å²) in [5, 5.41) is 0. The molecule has 1 heterocycles. The van der Waals surface area contributed by atoms with E-state index in [1.165, 1.54) is 107 Å². The smallest absolute Gasteiger partial charge is 0.159 e. The van der Waals surface area contributed by atoms with E-state index >= 15 is 0 Å². The van der Waals surface area contributed by atoms with Gasteiger partial charge in [0.15, 0.2) is 11.6 Å². The van der Waals surface area contributed by atoms with Gasteiger partial charge < -0.3 is 4.74 Å². The van der Waals surface area contributed by atoms with Gasteiger partial charge in [0, 0.05) is 5.56 Å². The average Bonchev–Trinajstić information content (AvgIpc) is 2.94. The van der Waals surface area contributed by atoms with Gasteiger partial charge in [0.25, 0.3) is 0 Å². The molecule has 0 saturated heterocycles. The molecular formula is C34H48N2O. The van der Waals surface area contributed by atoms with Crippen molar-refractivity contribution in [3.8, 4) is 17.1 Å². The van der Waals surface area contributed by atoms with Gasteiger partial charge in [-0.3, -0.25) is 0 Å². The highest BCUT2D eigenvalue weighted by atomic mass is 16.5. The fraction of sp³-hybridized carbons (Fsp3) is 0.529. The first-order chi connectivity index (χ1) is 18.3. The summed E-state index contributed by atoms with van der Waals surface area (Å²) < 4.78 is 5.94. The van der Waals surface area contributed by atoms with Crippen LogP contribution in [0.15, 0.2) is 60.9 Å². The Morgan fingerprint density at radius 2 is 0.946 bits per heavy atom. The van der Waals surface area contributed by atoms with Crippen molar-refractivity contribution in [1.29, 1.82) is 0 Å². The molecule has 0 aliphatic rings. The zero-order valence-corrected chi connectivity index (χ0v) is 23.4. The summed E-state index contributed by atoms with van der Waals surface area (Å²) in [5.74, 6) is 1.45. The third-order valence-electron chi connectivity index (χ3n) is 7.16. The van der Waals surface area contributed by atoms with Crippen LogP contribution in [-0.2, 0) is 19.4 Å². The summed E-state index contributed by atoms with van der Waals surface area (Å²) >= 11 is 0. The molecule has 0 N–H and O–H groups in total. The largest absolute Gasteiger partial charge is 0.486 e. The first-order valence-electron chi connectivity index (χ1n) is 14.9. The molecule has 0 fully saturated rings. The summed E-state index contributed by atoms with van der Waals surface area (Å²) in [6.45, 7) is 5.08. The molecule has 2 aromatic carbocycles. The Morgan fingerprint density at radius 1 is 0.514 bits per heavy atom. The lowest BCUT2D eigenvalue weighted by Gasteiger charge is -2.08. The maximum absolute atomic E-state index is 5.94. The molecule has 0 bridgehead atoms. The van der Waals surface area contributed by atoms with E-state index in [0.717, 1.165) is 17.8 Å². The maximum atomic E-state index is 5.94. The van der Waals surface area contributed by atoms with Crippen LogP contribution in [0, 0.1) is 0 Å². The van der Waals surface area contributed by atoms with Crippen molar-refractivity contribution >= 4 is 0 Å². The van der Waals surface area contributed by atoms with Crippen LogP contribution >= 0.6 is 0 Å². The van der Waals surface area contributed by atoms with E-state index in [1.54, 1.807) is 12.4 Å². The molecule has 0 amide bonds. The van der Waals surface area contributed by atoms with Gasteiger partial charge in [0.05, 0.1) is 12.4 Å². The van der Waals surface area contributed by atoms with Crippen molar-refractivity contribution < 1.29 is 4.74 Å².